The van der Waals surface area contributed by atoms with Crippen molar-refractivity contribution in [2.45, 2.75) is 44.9 Å². The molecule has 1 amide bonds. The summed E-state index contributed by atoms with van der Waals surface area (Å²) in [6.07, 6.45) is 0.696. The quantitative estimate of drug-likeness (QED) is 0.396. The maximum atomic E-state index is 11.7. The lowest BCUT2D eigenvalue weighted by Gasteiger charge is -2.24. The Morgan fingerprint density at radius 2 is 2.22 bits per heavy atom. The van der Waals surface area contributed by atoms with Gasteiger partial charge in [-0.2, -0.15) is 17.9 Å². The zero-order valence-corrected chi connectivity index (χ0v) is 11.9. The van der Waals surface area contributed by atoms with Crippen LogP contribution in [0.5, 0.6) is 0 Å². The number of hydrogen-bond donors (Lipinski definition) is 2. The number of nitrogens with one attached hydrogen (secondary N) is 1. The predicted octanol–water partition coefficient (Wildman–Crippen LogP) is 1.29. The van der Waals surface area contributed by atoms with E-state index in [0.29, 0.717) is 19.3 Å². The molecule has 0 aliphatic carbocycles. The molecule has 2 unspecified atom stereocenters. The van der Waals surface area contributed by atoms with Crippen molar-refractivity contribution in [2.75, 3.05) is 6.61 Å². The molecule has 18 heavy (non-hydrogen) atoms. The van der Waals surface area contributed by atoms with Gasteiger partial charge >= 0.3 is 0 Å². The Morgan fingerprint density at radius 3 is 2.67 bits per heavy atom. The summed E-state index contributed by atoms with van der Waals surface area (Å²) in [5.74, 6) is -0.189. The summed E-state index contributed by atoms with van der Waals surface area (Å²) in [6, 6.07) is 2.19. The molecule has 5 nitrogen and oxygen atoms in total. The number of ether oxygens (including phenoxy) is 1. The minimum atomic E-state index is -0.732. The highest BCUT2D eigenvalue weighted by Crippen LogP contribution is 2.28. The Labute approximate surface area is 113 Å². The van der Waals surface area contributed by atoms with Gasteiger partial charge in [0.1, 0.15) is 0 Å². The van der Waals surface area contributed by atoms with E-state index in [9.17, 15) is 9.59 Å². The van der Waals surface area contributed by atoms with E-state index < -0.39 is 10.7 Å². The molecule has 0 bridgehead atoms. The zero-order chi connectivity index (χ0) is 14.2. The molecule has 0 aromatic carbocycles. The van der Waals surface area contributed by atoms with Gasteiger partial charge in [0.05, 0.1) is 23.3 Å². The van der Waals surface area contributed by atoms with Crippen molar-refractivity contribution in [3.05, 3.63) is 0 Å². The fourth-order valence-corrected chi connectivity index (χ4v) is 1.91. The number of rotatable bonds is 8. The van der Waals surface area contributed by atoms with Gasteiger partial charge in [-0.15, -0.1) is 0 Å². The van der Waals surface area contributed by atoms with Gasteiger partial charge in [-0.05, 0) is 33.6 Å². The lowest BCUT2D eigenvalue weighted by molar-refractivity contribution is -0.129. The fraction of sp³-hybridized carbons (Fsp3) is 0.750. The average molecular weight is 272 g/mol. The molecule has 0 heterocycles. The van der Waals surface area contributed by atoms with Crippen LogP contribution >= 0.6 is 12.6 Å². The van der Waals surface area contributed by atoms with Gasteiger partial charge in [-0.25, -0.2) is 0 Å². The third-order valence-corrected chi connectivity index (χ3v) is 2.90. The van der Waals surface area contributed by atoms with Crippen molar-refractivity contribution in [1.82, 2.24) is 5.32 Å². The van der Waals surface area contributed by atoms with E-state index >= 15 is 0 Å². The normalized spacial score (nSPS) is 15.3. The van der Waals surface area contributed by atoms with Crippen LogP contribution in [0.1, 0.15) is 33.6 Å². The smallest absolute Gasteiger partial charge is 0.293 e. The number of nitrogens with zero attached hydrogens (tertiary/aromatic N) is 1. The van der Waals surface area contributed by atoms with Crippen LogP contribution in [0.15, 0.2) is 0 Å². The summed E-state index contributed by atoms with van der Waals surface area (Å²) in [4.78, 5) is 21.7. The summed E-state index contributed by atoms with van der Waals surface area (Å²) in [5, 5.41) is 11.3. The first-order chi connectivity index (χ1) is 8.34. The number of amides is 1. The van der Waals surface area contributed by atoms with Gasteiger partial charge in [0.2, 0.25) is 5.91 Å². The molecule has 0 aromatic rings. The molecule has 0 aromatic heterocycles. The lowest BCUT2D eigenvalue weighted by Crippen LogP contribution is -2.38. The topological polar surface area (TPSA) is 79.2 Å². The fourth-order valence-electron chi connectivity index (χ4n) is 1.44. The van der Waals surface area contributed by atoms with Gasteiger partial charge in [0.25, 0.3) is 6.47 Å². The standard InChI is InChI=1S/C12H20N2O3S/c1-9(2)14-11(16)10(18)6-12(3,7-13)4-5-17-8-15/h8-10,18H,4-6H2,1-3H3,(H,14,16). The predicted molar refractivity (Wildman–Crippen MR) is 71.0 cm³/mol. The van der Waals surface area contributed by atoms with Crippen LogP contribution < -0.4 is 5.32 Å². The van der Waals surface area contributed by atoms with Gasteiger partial charge in [0.15, 0.2) is 0 Å². The maximum absolute atomic E-state index is 11.7. The molecule has 0 aliphatic rings. The summed E-state index contributed by atoms with van der Waals surface area (Å²) in [7, 11) is 0. The number of thiol groups is 1. The van der Waals surface area contributed by atoms with Crippen LogP contribution in [0.4, 0.5) is 0 Å². The monoisotopic (exact) mass is 272 g/mol. The average Bonchev–Trinajstić information content (AvgIpc) is 2.28. The van der Waals surface area contributed by atoms with E-state index in [0.717, 1.165) is 0 Å². The Hall–Kier alpha value is -1.22. The van der Waals surface area contributed by atoms with Crippen LogP contribution in [0.3, 0.4) is 0 Å². The molecule has 0 saturated heterocycles. The maximum Gasteiger partial charge on any atom is 0.293 e. The summed E-state index contributed by atoms with van der Waals surface area (Å²) >= 11 is 4.22. The molecule has 0 radical (unpaired) electrons. The second-order valence-electron chi connectivity index (χ2n) is 4.77. The SMILES string of the molecule is CC(C)NC(=O)C(S)CC(C)(C#N)CCOC=O. The molecule has 0 saturated carbocycles. The van der Waals surface area contributed by atoms with Gasteiger partial charge in [-0.3, -0.25) is 9.59 Å². The zero-order valence-electron chi connectivity index (χ0n) is 11.0. The summed E-state index contributed by atoms with van der Waals surface area (Å²) < 4.78 is 4.58. The molecular formula is C12H20N2O3S. The van der Waals surface area contributed by atoms with E-state index in [2.05, 4.69) is 28.8 Å². The second kappa shape index (κ2) is 7.98. The number of hydrogen-bond acceptors (Lipinski definition) is 5. The van der Waals surface area contributed by atoms with Crippen LogP contribution in [-0.4, -0.2) is 30.3 Å². The highest BCUT2D eigenvalue weighted by molar-refractivity contribution is 7.81. The Balaban J connectivity index is 4.38. The van der Waals surface area contributed by atoms with Crippen molar-refractivity contribution in [3.63, 3.8) is 0 Å². The van der Waals surface area contributed by atoms with E-state index in [1.54, 1.807) is 6.92 Å². The molecular weight excluding hydrogens is 252 g/mol. The van der Waals surface area contributed by atoms with Gasteiger partial charge < -0.3 is 10.1 Å². The van der Waals surface area contributed by atoms with E-state index in [4.69, 9.17) is 5.26 Å². The third kappa shape index (κ3) is 6.50. The van der Waals surface area contributed by atoms with Crippen molar-refractivity contribution in [2.24, 2.45) is 5.41 Å². The summed E-state index contributed by atoms with van der Waals surface area (Å²) in [6.45, 7) is 5.97. The third-order valence-electron chi connectivity index (χ3n) is 2.49. The number of carbonyl (C=O) groups is 2. The van der Waals surface area contributed by atoms with Crippen LogP contribution in [-0.2, 0) is 14.3 Å². The minimum absolute atomic E-state index is 0.0406. The minimum Gasteiger partial charge on any atom is -0.468 e. The van der Waals surface area contributed by atoms with Crippen molar-refractivity contribution in [3.8, 4) is 6.07 Å². The van der Waals surface area contributed by atoms with E-state index in [-0.39, 0.29) is 18.6 Å². The molecule has 0 spiro atoms. The Morgan fingerprint density at radius 1 is 1.61 bits per heavy atom. The largest absolute Gasteiger partial charge is 0.468 e. The first kappa shape index (κ1) is 16.8. The molecule has 0 fully saturated rings. The first-order valence-corrected chi connectivity index (χ1v) is 6.31. The van der Waals surface area contributed by atoms with E-state index in [1.807, 2.05) is 13.8 Å². The molecule has 6 heteroatoms. The number of carbonyl (C=O) groups excluding carboxylic acids is 2. The first-order valence-electron chi connectivity index (χ1n) is 5.79. The second-order valence-corrected chi connectivity index (χ2v) is 5.40. The highest BCUT2D eigenvalue weighted by atomic mass is 32.1. The molecule has 0 aliphatic heterocycles. The Kier molecular flexibility index (Phi) is 7.44. The van der Waals surface area contributed by atoms with Crippen LogP contribution in [0.25, 0.3) is 0 Å². The molecule has 0 rings (SSSR count). The van der Waals surface area contributed by atoms with E-state index in [1.165, 1.54) is 0 Å². The number of nitriles is 1. The van der Waals surface area contributed by atoms with Crippen molar-refractivity contribution in [1.29, 1.82) is 5.26 Å². The van der Waals surface area contributed by atoms with Crippen molar-refractivity contribution >= 4 is 25.0 Å². The summed E-state index contributed by atoms with van der Waals surface area (Å²) in [5.41, 5.74) is -0.732. The molecule has 1 N–H and O–H groups in total. The van der Waals surface area contributed by atoms with Crippen molar-refractivity contribution < 1.29 is 14.3 Å². The Bertz CT molecular complexity index is 328. The van der Waals surface area contributed by atoms with Gasteiger partial charge in [-0.1, -0.05) is 0 Å². The van der Waals surface area contributed by atoms with Gasteiger partial charge in [0, 0.05) is 6.04 Å². The molecule has 2 atom stereocenters. The highest BCUT2D eigenvalue weighted by Gasteiger charge is 2.30. The van der Waals surface area contributed by atoms with Crippen LogP contribution in [0, 0.1) is 16.7 Å². The lowest BCUT2D eigenvalue weighted by atomic mass is 9.83. The van der Waals surface area contributed by atoms with Crippen LogP contribution in [0.2, 0.25) is 0 Å². The molecule has 102 valence electrons.